The second kappa shape index (κ2) is 6.49. The van der Waals surface area contributed by atoms with E-state index < -0.39 is 0 Å². The van der Waals surface area contributed by atoms with Crippen LogP contribution in [-0.2, 0) is 4.79 Å². The molecule has 0 saturated carbocycles. The van der Waals surface area contributed by atoms with E-state index in [-0.39, 0.29) is 12.3 Å². The van der Waals surface area contributed by atoms with Gasteiger partial charge < -0.3 is 10.2 Å². The summed E-state index contributed by atoms with van der Waals surface area (Å²) in [7, 11) is 0. The lowest BCUT2D eigenvalue weighted by Crippen LogP contribution is -2.39. The van der Waals surface area contributed by atoms with Crippen LogP contribution >= 0.6 is 0 Å². The van der Waals surface area contributed by atoms with Crippen molar-refractivity contribution in [3.05, 3.63) is 0 Å². The first-order chi connectivity index (χ1) is 7.67. The minimum atomic E-state index is -0.0325. The molecule has 1 amide bonds. The summed E-state index contributed by atoms with van der Waals surface area (Å²) >= 11 is 0. The van der Waals surface area contributed by atoms with Crippen LogP contribution in [0.5, 0.6) is 0 Å². The molecule has 2 unspecified atom stereocenters. The minimum Gasteiger partial charge on any atom is -0.340 e. The number of hydrogen-bond donors (Lipinski definition) is 1. The highest BCUT2D eigenvalue weighted by Crippen LogP contribution is 2.11. The van der Waals surface area contributed by atoms with Gasteiger partial charge in [-0.25, -0.2) is 0 Å². The van der Waals surface area contributed by atoms with Gasteiger partial charge in [0.2, 0.25) is 5.91 Å². The van der Waals surface area contributed by atoms with E-state index in [1.807, 2.05) is 6.07 Å². The van der Waals surface area contributed by atoms with Gasteiger partial charge in [0.1, 0.15) is 6.42 Å². The Balaban J connectivity index is 2.30. The molecule has 0 radical (unpaired) electrons. The number of carbonyl (C=O) groups excluding carboxylic acids is 1. The lowest BCUT2D eigenvalue weighted by molar-refractivity contribution is -0.129. The Kier molecular flexibility index (Phi) is 5.27. The smallest absolute Gasteiger partial charge is 0.236 e. The molecular weight excluding hydrogens is 202 g/mol. The maximum Gasteiger partial charge on any atom is 0.236 e. The average Bonchev–Trinajstić information content (AvgIpc) is 2.67. The number of rotatable bonds is 5. The zero-order chi connectivity index (χ0) is 12.0. The third kappa shape index (κ3) is 3.82. The molecule has 1 fully saturated rings. The summed E-state index contributed by atoms with van der Waals surface area (Å²) in [6.45, 7) is 5.91. The highest BCUT2D eigenvalue weighted by atomic mass is 16.2. The first kappa shape index (κ1) is 13.0. The van der Waals surface area contributed by atoms with Crippen molar-refractivity contribution >= 4 is 5.91 Å². The normalized spacial score (nSPS) is 21.8. The summed E-state index contributed by atoms with van der Waals surface area (Å²) in [5, 5.41) is 12.0. The molecule has 1 aliphatic heterocycles. The van der Waals surface area contributed by atoms with Crippen molar-refractivity contribution in [1.82, 2.24) is 10.2 Å². The van der Waals surface area contributed by atoms with Gasteiger partial charge in [-0.15, -0.1) is 0 Å². The van der Waals surface area contributed by atoms with Crippen molar-refractivity contribution in [3.63, 3.8) is 0 Å². The Hall–Kier alpha value is -1.08. The molecular formula is C12H21N3O. The molecule has 0 aromatic carbocycles. The third-order valence-corrected chi connectivity index (χ3v) is 3.01. The lowest BCUT2D eigenvalue weighted by atomic mass is 10.1. The zero-order valence-corrected chi connectivity index (χ0v) is 10.2. The molecule has 0 spiro atoms. The Morgan fingerprint density at radius 1 is 1.69 bits per heavy atom. The molecule has 1 aliphatic rings. The number of amides is 1. The van der Waals surface area contributed by atoms with Crippen molar-refractivity contribution in [2.24, 2.45) is 0 Å². The fraction of sp³-hybridized carbons (Fsp3) is 0.833. The fourth-order valence-electron chi connectivity index (χ4n) is 2.22. The van der Waals surface area contributed by atoms with Crippen molar-refractivity contribution in [2.45, 2.75) is 51.6 Å². The highest BCUT2D eigenvalue weighted by molar-refractivity contribution is 5.78. The Bertz CT molecular complexity index is 272. The van der Waals surface area contributed by atoms with Crippen LogP contribution in [0.3, 0.4) is 0 Å². The summed E-state index contributed by atoms with van der Waals surface area (Å²) in [5.41, 5.74) is 0. The van der Waals surface area contributed by atoms with Gasteiger partial charge in [0.15, 0.2) is 0 Å². The van der Waals surface area contributed by atoms with E-state index in [0.717, 1.165) is 19.5 Å². The van der Waals surface area contributed by atoms with E-state index in [9.17, 15) is 4.79 Å². The molecule has 16 heavy (non-hydrogen) atoms. The number of carbonyl (C=O) groups is 1. The number of nitriles is 1. The average molecular weight is 223 g/mol. The quantitative estimate of drug-likeness (QED) is 0.764. The lowest BCUT2D eigenvalue weighted by Gasteiger charge is -2.19. The maximum atomic E-state index is 11.5. The van der Waals surface area contributed by atoms with E-state index in [1.54, 1.807) is 4.90 Å². The second-order valence-corrected chi connectivity index (χ2v) is 4.52. The van der Waals surface area contributed by atoms with Crippen LogP contribution in [0.1, 0.15) is 39.5 Å². The predicted molar refractivity (Wildman–Crippen MR) is 62.7 cm³/mol. The van der Waals surface area contributed by atoms with Crippen LogP contribution in [0.4, 0.5) is 0 Å². The van der Waals surface area contributed by atoms with E-state index in [0.29, 0.717) is 12.1 Å². The molecule has 0 aromatic rings. The van der Waals surface area contributed by atoms with Crippen LogP contribution in [0.15, 0.2) is 0 Å². The molecule has 0 aliphatic carbocycles. The standard InChI is InChI=1S/C12H21N3O/c1-3-4-10(2)14-11-6-8-15(9-11)12(16)5-7-13/h10-11,14H,3-6,8-9H2,1-2H3. The summed E-state index contributed by atoms with van der Waals surface area (Å²) in [4.78, 5) is 13.3. The number of nitrogens with one attached hydrogen (secondary N) is 1. The zero-order valence-electron chi connectivity index (χ0n) is 10.2. The van der Waals surface area contributed by atoms with Crippen LogP contribution in [-0.4, -0.2) is 36.0 Å². The summed E-state index contributed by atoms with van der Waals surface area (Å²) < 4.78 is 0. The van der Waals surface area contributed by atoms with Gasteiger partial charge in [0.25, 0.3) is 0 Å². The van der Waals surface area contributed by atoms with Crippen LogP contribution in [0.25, 0.3) is 0 Å². The maximum absolute atomic E-state index is 11.5. The number of nitrogens with zero attached hydrogens (tertiary/aromatic N) is 2. The Labute approximate surface area is 97.6 Å². The molecule has 1 saturated heterocycles. The van der Waals surface area contributed by atoms with Gasteiger partial charge in [0, 0.05) is 25.2 Å². The van der Waals surface area contributed by atoms with Crippen LogP contribution < -0.4 is 5.32 Å². The largest absolute Gasteiger partial charge is 0.340 e. The number of hydrogen-bond acceptors (Lipinski definition) is 3. The summed E-state index contributed by atoms with van der Waals surface area (Å²) in [6, 6.07) is 2.83. The van der Waals surface area contributed by atoms with E-state index >= 15 is 0 Å². The summed E-state index contributed by atoms with van der Waals surface area (Å²) in [6.07, 6.45) is 3.36. The van der Waals surface area contributed by atoms with Gasteiger partial charge in [-0.2, -0.15) is 5.26 Å². The van der Waals surface area contributed by atoms with Crippen LogP contribution in [0, 0.1) is 11.3 Å². The molecule has 1 rings (SSSR count). The predicted octanol–water partition coefficient (Wildman–Crippen LogP) is 1.28. The molecule has 4 nitrogen and oxygen atoms in total. The second-order valence-electron chi connectivity index (χ2n) is 4.52. The van der Waals surface area contributed by atoms with Crippen molar-refractivity contribution in [1.29, 1.82) is 5.26 Å². The molecule has 0 bridgehead atoms. The van der Waals surface area contributed by atoms with Crippen LogP contribution in [0.2, 0.25) is 0 Å². The first-order valence-electron chi connectivity index (χ1n) is 6.08. The van der Waals surface area contributed by atoms with Crippen molar-refractivity contribution in [3.8, 4) is 6.07 Å². The molecule has 4 heteroatoms. The monoisotopic (exact) mass is 223 g/mol. The molecule has 0 aromatic heterocycles. The minimum absolute atomic E-state index is 0.0111. The Morgan fingerprint density at radius 2 is 2.44 bits per heavy atom. The SMILES string of the molecule is CCCC(C)NC1CCN(C(=O)CC#N)C1. The third-order valence-electron chi connectivity index (χ3n) is 3.01. The van der Waals surface area contributed by atoms with Gasteiger partial charge >= 0.3 is 0 Å². The fourth-order valence-corrected chi connectivity index (χ4v) is 2.22. The van der Waals surface area contributed by atoms with Gasteiger partial charge in [-0.1, -0.05) is 13.3 Å². The van der Waals surface area contributed by atoms with E-state index in [2.05, 4.69) is 19.2 Å². The van der Waals surface area contributed by atoms with Crippen molar-refractivity contribution in [2.75, 3.05) is 13.1 Å². The number of likely N-dealkylation sites (tertiary alicyclic amines) is 1. The van der Waals surface area contributed by atoms with E-state index in [4.69, 9.17) is 5.26 Å². The first-order valence-corrected chi connectivity index (χ1v) is 6.08. The molecule has 2 atom stereocenters. The van der Waals surface area contributed by atoms with Gasteiger partial charge in [-0.3, -0.25) is 4.79 Å². The molecule has 1 heterocycles. The van der Waals surface area contributed by atoms with Gasteiger partial charge in [0.05, 0.1) is 6.07 Å². The highest BCUT2D eigenvalue weighted by Gasteiger charge is 2.26. The van der Waals surface area contributed by atoms with Crippen molar-refractivity contribution < 1.29 is 4.79 Å². The Morgan fingerprint density at radius 3 is 3.06 bits per heavy atom. The van der Waals surface area contributed by atoms with E-state index in [1.165, 1.54) is 12.8 Å². The van der Waals surface area contributed by atoms with Gasteiger partial charge in [-0.05, 0) is 19.8 Å². The summed E-state index contributed by atoms with van der Waals surface area (Å²) in [5.74, 6) is -0.0325. The molecule has 90 valence electrons. The molecule has 1 N–H and O–H groups in total. The topological polar surface area (TPSA) is 56.1 Å².